The number of hydrogen-bond donors (Lipinski definition) is 3. The molecule has 0 atom stereocenters. The van der Waals surface area contributed by atoms with E-state index in [1.165, 1.54) is 0 Å². The number of carbonyl (C=O) groups excluding carboxylic acids is 1. The maximum absolute atomic E-state index is 13.0. The lowest BCUT2D eigenvalue weighted by Gasteiger charge is -2.18. The Balaban J connectivity index is 0.000000968. The summed E-state index contributed by atoms with van der Waals surface area (Å²) in [6.45, 7) is 0.178. The number of benzene rings is 3. The van der Waals surface area contributed by atoms with E-state index in [0.717, 1.165) is 16.5 Å². The minimum atomic E-state index is -0.348. The summed E-state index contributed by atoms with van der Waals surface area (Å²) in [5.41, 5.74) is 3.07. The van der Waals surface area contributed by atoms with Crippen LogP contribution in [0.3, 0.4) is 0 Å². The van der Waals surface area contributed by atoms with Gasteiger partial charge in [-0.3, -0.25) is 4.79 Å². The Kier molecular flexibility index (Phi) is 8.24. The zero-order valence-corrected chi connectivity index (χ0v) is 19.6. The van der Waals surface area contributed by atoms with Gasteiger partial charge in [0.15, 0.2) is 0 Å². The van der Waals surface area contributed by atoms with Gasteiger partial charge in [-0.2, -0.15) is 0 Å². The van der Waals surface area contributed by atoms with E-state index in [9.17, 15) is 9.59 Å². The summed E-state index contributed by atoms with van der Waals surface area (Å²) in [6, 6.07) is 23.9. The van der Waals surface area contributed by atoms with Crippen LogP contribution in [0.15, 0.2) is 83.7 Å². The van der Waals surface area contributed by atoms with Crippen LogP contribution in [0.1, 0.15) is 5.69 Å². The molecule has 3 aromatic carbocycles. The third-order valence-electron chi connectivity index (χ3n) is 4.99. The predicted octanol–water partition coefficient (Wildman–Crippen LogP) is 5.02. The quantitative estimate of drug-likeness (QED) is 0.398. The molecule has 0 bridgehead atoms. The maximum Gasteiger partial charge on any atom is 0.319 e. The fourth-order valence-electron chi connectivity index (χ4n) is 3.53. The lowest BCUT2D eigenvalue weighted by atomic mass is 9.96. The van der Waals surface area contributed by atoms with E-state index < -0.39 is 0 Å². The summed E-state index contributed by atoms with van der Waals surface area (Å²) in [5.74, 6) is 0. The molecule has 7 heteroatoms. The van der Waals surface area contributed by atoms with E-state index in [1.54, 1.807) is 29.8 Å². The number of nitrogens with zero attached hydrogens (tertiary/aromatic N) is 1. The molecular formula is C26H27ClN4O2. The smallest absolute Gasteiger partial charge is 0.319 e. The molecular weight excluding hydrogens is 436 g/mol. The van der Waals surface area contributed by atoms with Gasteiger partial charge in [0.2, 0.25) is 0 Å². The fourth-order valence-corrected chi connectivity index (χ4v) is 3.70. The second-order valence-corrected chi connectivity index (χ2v) is 7.85. The number of carbonyl (C=O) groups is 1. The molecule has 0 unspecified atom stereocenters. The van der Waals surface area contributed by atoms with Crippen LogP contribution in [0.2, 0.25) is 5.02 Å². The topological polar surface area (TPSA) is 75.2 Å². The minimum Gasteiger partial charge on any atom is -0.332 e. The molecule has 170 valence electrons. The Morgan fingerprint density at radius 1 is 0.909 bits per heavy atom. The van der Waals surface area contributed by atoms with Gasteiger partial charge in [0, 0.05) is 34.4 Å². The molecule has 1 aromatic heterocycles. The first kappa shape index (κ1) is 24.0. The van der Waals surface area contributed by atoms with E-state index >= 15 is 0 Å². The van der Waals surface area contributed by atoms with Crippen LogP contribution < -0.4 is 21.5 Å². The lowest BCUT2D eigenvalue weighted by molar-refractivity contribution is 0.251. The van der Waals surface area contributed by atoms with Gasteiger partial charge in [-0.1, -0.05) is 60.1 Å². The minimum absolute atomic E-state index is 0.137. The third kappa shape index (κ3) is 5.80. The lowest BCUT2D eigenvalue weighted by Crippen LogP contribution is -2.32. The molecule has 6 nitrogen and oxygen atoms in total. The largest absolute Gasteiger partial charge is 0.332 e. The number of aromatic nitrogens is 1. The van der Waals surface area contributed by atoms with Gasteiger partial charge in [-0.05, 0) is 55.4 Å². The molecule has 0 spiro atoms. The van der Waals surface area contributed by atoms with Crippen molar-refractivity contribution in [1.29, 1.82) is 0 Å². The molecule has 0 aliphatic rings. The van der Waals surface area contributed by atoms with Crippen molar-refractivity contribution in [2.75, 3.05) is 19.4 Å². The number of halogens is 1. The Hall–Kier alpha value is -3.61. The van der Waals surface area contributed by atoms with Crippen molar-refractivity contribution in [3.63, 3.8) is 0 Å². The van der Waals surface area contributed by atoms with Gasteiger partial charge >= 0.3 is 6.03 Å². The van der Waals surface area contributed by atoms with E-state index in [2.05, 4.69) is 16.0 Å². The van der Waals surface area contributed by atoms with Crippen LogP contribution >= 0.6 is 11.6 Å². The van der Waals surface area contributed by atoms with Crippen molar-refractivity contribution in [1.82, 2.24) is 15.2 Å². The first-order valence-electron chi connectivity index (χ1n) is 10.5. The fraction of sp³-hybridized carbons (Fsp3) is 0.154. The van der Waals surface area contributed by atoms with Gasteiger partial charge in [0.25, 0.3) is 5.56 Å². The first-order chi connectivity index (χ1) is 16.0. The average Bonchev–Trinajstić information content (AvgIpc) is 2.82. The number of fused-ring (bicyclic) bond motifs is 1. The Labute approximate surface area is 198 Å². The highest BCUT2D eigenvalue weighted by Gasteiger charge is 2.17. The standard InChI is InChI=1S/C24H20ClN3O2.C2H7N/c1-28-21(15-26-24(30)27-18-10-6-3-7-11-18)22(16-8-4-2-5-9-16)20-14-17(25)12-13-19(20)23(28)29;1-3-2/h2-14H,15H2,1H3,(H2,26,27,30);3H,1-2H3. The summed E-state index contributed by atoms with van der Waals surface area (Å²) in [5, 5.41) is 10.3. The van der Waals surface area contributed by atoms with Crippen LogP contribution in [-0.4, -0.2) is 24.7 Å². The SMILES string of the molecule is CNC.Cn1c(CNC(=O)Nc2ccccc2)c(-c2ccccc2)c2cc(Cl)ccc2c1=O. The van der Waals surface area contributed by atoms with Crippen molar-refractivity contribution in [2.24, 2.45) is 7.05 Å². The summed E-state index contributed by atoms with van der Waals surface area (Å²) >= 11 is 6.25. The molecule has 4 rings (SSSR count). The van der Waals surface area contributed by atoms with E-state index in [-0.39, 0.29) is 18.1 Å². The number of amides is 2. The molecule has 0 saturated carbocycles. The molecule has 33 heavy (non-hydrogen) atoms. The highest BCUT2D eigenvalue weighted by molar-refractivity contribution is 6.31. The van der Waals surface area contributed by atoms with Crippen molar-refractivity contribution in [2.45, 2.75) is 6.54 Å². The monoisotopic (exact) mass is 462 g/mol. The van der Waals surface area contributed by atoms with Crippen LogP contribution in [0.4, 0.5) is 10.5 Å². The third-order valence-corrected chi connectivity index (χ3v) is 5.23. The molecule has 4 aromatic rings. The Morgan fingerprint density at radius 3 is 2.15 bits per heavy atom. The maximum atomic E-state index is 13.0. The Morgan fingerprint density at radius 2 is 1.52 bits per heavy atom. The number of urea groups is 1. The van der Waals surface area contributed by atoms with Crippen LogP contribution in [0.25, 0.3) is 21.9 Å². The second-order valence-electron chi connectivity index (χ2n) is 7.42. The first-order valence-corrected chi connectivity index (χ1v) is 10.9. The molecule has 0 radical (unpaired) electrons. The highest BCUT2D eigenvalue weighted by Crippen LogP contribution is 2.32. The zero-order valence-electron chi connectivity index (χ0n) is 18.9. The van der Waals surface area contributed by atoms with Crippen LogP contribution in [-0.2, 0) is 13.6 Å². The summed E-state index contributed by atoms with van der Waals surface area (Å²) < 4.78 is 1.58. The highest BCUT2D eigenvalue weighted by atomic mass is 35.5. The van der Waals surface area contributed by atoms with E-state index in [0.29, 0.717) is 21.8 Å². The van der Waals surface area contributed by atoms with Crippen molar-refractivity contribution >= 4 is 34.1 Å². The molecule has 2 amide bonds. The predicted molar refractivity (Wildman–Crippen MR) is 137 cm³/mol. The van der Waals surface area contributed by atoms with E-state index in [1.807, 2.05) is 74.8 Å². The molecule has 1 heterocycles. The number of nitrogens with one attached hydrogen (secondary N) is 3. The summed E-state index contributed by atoms with van der Waals surface area (Å²) in [6.07, 6.45) is 0. The van der Waals surface area contributed by atoms with Gasteiger partial charge in [0.1, 0.15) is 0 Å². The van der Waals surface area contributed by atoms with Gasteiger partial charge < -0.3 is 20.5 Å². The molecule has 0 aliphatic carbocycles. The van der Waals surface area contributed by atoms with Crippen LogP contribution in [0, 0.1) is 0 Å². The Bertz CT molecular complexity index is 1290. The van der Waals surface area contributed by atoms with Gasteiger partial charge in [0.05, 0.1) is 6.54 Å². The van der Waals surface area contributed by atoms with Crippen molar-refractivity contribution < 1.29 is 4.79 Å². The second kappa shape index (κ2) is 11.3. The normalized spacial score (nSPS) is 10.3. The molecule has 3 N–H and O–H groups in total. The molecule has 0 fully saturated rings. The molecule has 0 saturated heterocycles. The van der Waals surface area contributed by atoms with E-state index in [4.69, 9.17) is 11.6 Å². The number of para-hydroxylation sites is 1. The van der Waals surface area contributed by atoms with Gasteiger partial charge in [-0.15, -0.1) is 0 Å². The number of rotatable bonds is 4. The number of hydrogen-bond acceptors (Lipinski definition) is 3. The summed E-state index contributed by atoms with van der Waals surface area (Å²) in [4.78, 5) is 25.4. The van der Waals surface area contributed by atoms with Crippen molar-refractivity contribution in [3.05, 3.63) is 99.9 Å². The average molecular weight is 463 g/mol. The molecule has 0 aliphatic heterocycles. The van der Waals surface area contributed by atoms with Crippen molar-refractivity contribution in [3.8, 4) is 11.1 Å². The number of anilines is 1. The van der Waals surface area contributed by atoms with Crippen LogP contribution in [0.5, 0.6) is 0 Å². The van der Waals surface area contributed by atoms with Gasteiger partial charge in [-0.25, -0.2) is 4.79 Å². The summed E-state index contributed by atoms with van der Waals surface area (Å²) in [7, 11) is 5.47. The number of pyridine rings is 1. The zero-order chi connectivity index (χ0) is 23.8.